The second-order valence-corrected chi connectivity index (χ2v) is 5.43. The van der Waals surface area contributed by atoms with E-state index in [1.54, 1.807) is 24.3 Å². The van der Waals surface area contributed by atoms with E-state index >= 15 is 0 Å². The first-order chi connectivity index (χ1) is 11.7. The number of aliphatic hydroxyl groups excluding tert-OH is 2. The Kier molecular flexibility index (Phi) is 4.78. The van der Waals surface area contributed by atoms with E-state index in [-0.39, 0.29) is 11.5 Å². The fraction of sp³-hybridized carbons (Fsp3) is 0. The smallest absolute Gasteiger partial charge is 0.124 e. The molecule has 3 aromatic carbocycles. The molecule has 0 aliphatic rings. The minimum Gasteiger partial charge on any atom is -0.507 e. The summed E-state index contributed by atoms with van der Waals surface area (Å²) in [6, 6.07) is 26.4. The first-order valence-corrected chi connectivity index (χ1v) is 7.75. The van der Waals surface area contributed by atoms with Gasteiger partial charge in [-0.15, -0.1) is 0 Å². The van der Waals surface area contributed by atoms with Gasteiger partial charge in [0.2, 0.25) is 0 Å². The van der Waals surface area contributed by atoms with Gasteiger partial charge in [0.1, 0.15) is 11.5 Å². The molecule has 0 atom stereocenters. The molecule has 0 amide bonds. The highest BCUT2D eigenvalue weighted by Gasteiger charge is 2.10. The summed E-state index contributed by atoms with van der Waals surface area (Å²) in [5, 5.41) is 21.0. The van der Waals surface area contributed by atoms with Gasteiger partial charge in [0.05, 0.1) is 0 Å². The molecule has 0 radical (unpaired) electrons. The van der Waals surface area contributed by atoms with Crippen molar-refractivity contribution in [2.45, 2.75) is 0 Å². The van der Waals surface area contributed by atoms with Crippen LogP contribution in [-0.2, 0) is 0 Å². The second kappa shape index (κ2) is 7.34. The highest BCUT2D eigenvalue weighted by atomic mass is 16.3. The van der Waals surface area contributed by atoms with E-state index < -0.39 is 0 Å². The van der Waals surface area contributed by atoms with Gasteiger partial charge < -0.3 is 10.2 Å². The minimum absolute atomic E-state index is 0.116. The number of aliphatic hydroxyl groups is 2. The predicted molar refractivity (Wildman–Crippen MR) is 100 cm³/mol. The van der Waals surface area contributed by atoms with Crippen molar-refractivity contribution in [3.63, 3.8) is 0 Å². The zero-order valence-corrected chi connectivity index (χ0v) is 13.1. The molecule has 2 nitrogen and oxygen atoms in total. The van der Waals surface area contributed by atoms with Gasteiger partial charge >= 0.3 is 0 Å². The van der Waals surface area contributed by atoms with Gasteiger partial charge in [0, 0.05) is 11.1 Å². The van der Waals surface area contributed by atoms with Crippen LogP contribution in [-0.4, -0.2) is 10.2 Å². The maximum Gasteiger partial charge on any atom is 0.124 e. The standard InChI is InChI=1S/C22H18O2/c23-21(15-17-9-3-1-4-10-17)19-13-7-8-14-20(19)22(24)16-18-11-5-2-6-12-18/h1-16,23-24H. The van der Waals surface area contributed by atoms with Crippen molar-refractivity contribution >= 4 is 23.7 Å². The fourth-order valence-corrected chi connectivity index (χ4v) is 2.50. The quantitative estimate of drug-likeness (QED) is 0.472. The zero-order valence-electron chi connectivity index (χ0n) is 13.1. The topological polar surface area (TPSA) is 40.5 Å². The lowest BCUT2D eigenvalue weighted by atomic mass is 10.0. The zero-order chi connectivity index (χ0) is 16.8. The lowest BCUT2D eigenvalue weighted by Crippen LogP contribution is -1.93. The molecule has 0 saturated carbocycles. The van der Waals surface area contributed by atoms with Gasteiger partial charge in [-0.05, 0) is 23.3 Å². The molecular formula is C22H18O2. The second-order valence-electron chi connectivity index (χ2n) is 5.43. The first-order valence-electron chi connectivity index (χ1n) is 7.75. The van der Waals surface area contributed by atoms with Gasteiger partial charge in [-0.3, -0.25) is 0 Å². The van der Waals surface area contributed by atoms with Crippen molar-refractivity contribution in [1.82, 2.24) is 0 Å². The summed E-state index contributed by atoms with van der Waals surface area (Å²) < 4.78 is 0. The van der Waals surface area contributed by atoms with E-state index in [9.17, 15) is 10.2 Å². The Bertz CT molecular complexity index is 788. The monoisotopic (exact) mass is 314 g/mol. The predicted octanol–water partition coefficient (Wildman–Crippen LogP) is 5.80. The molecule has 0 spiro atoms. The van der Waals surface area contributed by atoms with Gasteiger partial charge in [0.15, 0.2) is 0 Å². The molecule has 0 aliphatic heterocycles. The minimum atomic E-state index is 0.116. The van der Waals surface area contributed by atoms with E-state index in [4.69, 9.17) is 0 Å². The van der Waals surface area contributed by atoms with Gasteiger partial charge in [-0.25, -0.2) is 0 Å². The average molecular weight is 314 g/mol. The molecule has 0 saturated heterocycles. The van der Waals surface area contributed by atoms with Crippen LogP contribution in [0.5, 0.6) is 0 Å². The molecule has 2 heteroatoms. The van der Waals surface area contributed by atoms with E-state index in [0.717, 1.165) is 11.1 Å². The third-order valence-electron chi connectivity index (χ3n) is 3.68. The molecule has 0 heterocycles. The molecule has 0 bridgehead atoms. The van der Waals surface area contributed by atoms with Crippen molar-refractivity contribution in [3.8, 4) is 0 Å². The highest BCUT2D eigenvalue weighted by Crippen LogP contribution is 2.25. The van der Waals surface area contributed by atoms with Crippen LogP contribution in [0.3, 0.4) is 0 Å². The summed E-state index contributed by atoms with van der Waals surface area (Å²) in [5.41, 5.74) is 2.98. The lowest BCUT2D eigenvalue weighted by molar-refractivity contribution is 0.504. The van der Waals surface area contributed by atoms with E-state index in [1.165, 1.54) is 0 Å². The highest BCUT2D eigenvalue weighted by molar-refractivity contribution is 5.86. The molecule has 0 fully saturated rings. The van der Waals surface area contributed by atoms with E-state index in [1.807, 2.05) is 72.8 Å². The lowest BCUT2D eigenvalue weighted by Gasteiger charge is -2.09. The third-order valence-corrected chi connectivity index (χ3v) is 3.68. The van der Waals surface area contributed by atoms with Gasteiger partial charge in [-0.2, -0.15) is 0 Å². The molecule has 3 rings (SSSR count). The van der Waals surface area contributed by atoms with Crippen LogP contribution in [0.15, 0.2) is 84.9 Å². The number of benzene rings is 3. The Labute approximate surface area is 141 Å². The molecule has 118 valence electrons. The van der Waals surface area contributed by atoms with Crippen molar-refractivity contribution in [2.24, 2.45) is 0 Å². The van der Waals surface area contributed by atoms with Gasteiger partial charge in [0.25, 0.3) is 0 Å². The van der Waals surface area contributed by atoms with Gasteiger partial charge in [-0.1, -0.05) is 84.9 Å². The summed E-state index contributed by atoms with van der Waals surface area (Å²) in [4.78, 5) is 0. The number of hydrogen-bond donors (Lipinski definition) is 2. The van der Waals surface area contributed by atoms with Crippen LogP contribution in [0, 0.1) is 0 Å². The van der Waals surface area contributed by atoms with Crippen molar-refractivity contribution in [1.29, 1.82) is 0 Å². The Morgan fingerprint density at radius 1 is 0.500 bits per heavy atom. The van der Waals surface area contributed by atoms with Crippen molar-refractivity contribution in [2.75, 3.05) is 0 Å². The largest absolute Gasteiger partial charge is 0.507 e. The van der Waals surface area contributed by atoms with Crippen LogP contribution in [0.4, 0.5) is 0 Å². The molecule has 24 heavy (non-hydrogen) atoms. The Hall–Kier alpha value is -3.26. The molecule has 0 aliphatic carbocycles. The van der Waals surface area contributed by atoms with Crippen LogP contribution >= 0.6 is 0 Å². The van der Waals surface area contributed by atoms with Crippen LogP contribution in [0.2, 0.25) is 0 Å². The van der Waals surface area contributed by atoms with E-state index in [0.29, 0.717) is 11.1 Å². The SMILES string of the molecule is OC(=Cc1ccccc1)c1ccccc1C(O)=Cc1ccccc1. The summed E-state index contributed by atoms with van der Waals surface area (Å²) in [7, 11) is 0. The maximum absolute atomic E-state index is 10.5. The number of rotatable bonds is 4. The maximum atomic E-state index is 10.5. The summed E-state index contributed by atoms with van der Waals surface area (Å²) in [6.07, 6.45) is 3.38. The molecule has 0 unspecified atom stereocenters. The van der Waals surface area contributed by atoms with Crippen molar-refractivity contribution in [3.05, 3.63) is 107 Å². The average Bonchev–Trinajstić information content (AvgIpc) is 2.63. The number of hydrogen-bond acceptors (Lipinski definition) is 2. The first kappa shape index (κ1) is 15.6. The summed E-state index contributed by atoms with van der Waals surface area (Å²) >= 11 is 0. The summed E-state index contributed by atoms with van der Waals surface area (Å²) in [5.74, 6) is 0.231. The third kappa shape index (κ3) is 3.73. The summed E-state index contributed by atoms with van der Waals surface area (Å²) in [6.45, 7) is 0. The Morgan fingerprint density at radius 2 is 0.833 bits per heavy atom. The van der Waals surface area contributed by atoms with Crippen LogP contribution in [0.25, 0.3) is 23.7 Å². The normalized spacial score (nSPS) is 12.2. The molecule has 0 aromatic heterocycles. The molecule has 2 N–H and O–H groups in total. The fourth-order valence-electron chi connectivity index (χ4n) is 2.50. The Balaban J connectivity index is 1.99. The van der Waals surface area contributed by atoms with Crippen LogP contribution < -0.4 is 0 Å². The Morgan fingerprint density at radius 3 is 1.21 bits per heavy atom. The van der Waals surface area contributed by atoms with E-state index in [2.05, 4.69) is 0 Å². The van der Waals surface area contributed by atoms with Crippen molar-refractivity contribution < 1.29 is 10.2 Å². The molecular weight excluding hydrogens is 296 g/mol. The molecule has 3 aromatic rings. The van der Waals surface area contributed by atoms with Crippen LogP contribution in [0.1, 0.15) is 22.3 Å².